The average molecular weight is 371 g/mol. The van der Waals surface area contributed by atoms with Crippen LogP contribution in [0.3, 0.4) is 0 Å². The first-order valence-electron chi connectivity index (χ1n) is 6.69. The summed E-state index contributed by atoms with van der Waals surface area (Å²) in [6.07, 6.45) is 1.57. The van der Waals surface area contributed by atoms with E-state index in [1.54, 1.807) is 30.3 Å². The van der Waals surface area contributed by atoms with Gasteiger partial charge in [-0.15, -0.1) is 0 Å². The standard InChI is InChI=1S/C14H15BrN2O3S/c1-10-9-14(20-16-10)13-3-2-8-17(13)21(18,19)12-6-4-11(15)5-7-12/h4-7,9,13H,2-3,8H2,1H3/t13-/m1/s1. The molecule has 0 unspecified atom stereocenters. The van der Waals surface area contributed by atoms with Crippen LogP contribution < -0.4 is 0 Å². The molecule has 1 saturated heterocycles. The molecule has 0 radical (unpaired) electrons. The summed E-state index contributed by atoms with van der Waals surface area (Å²) in [6.45, 7) is 2.33. The Balaban J connectivity index is 1.96. The fraction of sp³-hybridized carbons (Fsp3) is 0.357. The Hall–Kier alpha value is -1.18. The normalized spacial score (nSPS) is 20.0. The van der Waals surface area contributed by atoms with Gasteiger partial charge in [-0.1, -0.05) is 21.1 Å². The maximum absolute atomic E-state index is 12.8. The fourth-order valence-corrected chi connectivity index (χ4v) is 4.52. The molecule has 5 nitrogen and oxygen atoms in total. The smallest absolute Gasteiger partial charge is 0.243 e. The van der Waals surface area contributed by atoms with Crippen LogP contribution in [0.25, 0.3) is 0 Å². The fourth-order valence-electron chi connectivity index (χ4n) is 2.59. The van der Waals surface area contributed by atoms with Gasteiger partial charge in [-0.25, -0.2) is 8.42 Å². The number of benzene rings is 1. The van der Waals surface area contributed by atoms with E-state index < -0.39 is 10.0 Å². The van der Waals surface area contributed by atoms with E-state index in [1.165, 1.54) is 4.31 Å². The molecule has 112 valence electrons. The van der Waals surface area contributed by atoms with Crippen molar-refractivity contribution in [1.82, 2.24) is 9.46 Å². The number of aromatic nitrogens is 1. The van der Waals surface area contributed by atoms with Crippen molar-refractivity contribution in [3.05, 3.63) is 46.3 Å². The molecule has 7 heteroatoms. The summed E-state index contributed by atoms with van der Waals surface area (Å²) in [5, 5.41) is 3.86. The Morgan fingerprint density at radius 1 is 1.33 bits per heavy atom. The Morgan fingerprint density at radius 3 is 2.67 bits per heavy atom. The molecule has 21 heavy (non-hydrogen) atoms. The van der Waals surface area contributed by atoms with Crippen LogP contribution in [0.4, 0.5) is 0 Å². The lowest BCUT2D eigenvalue weighted by molar-refractivity contribution is 0.297. The molecule has 2 heterocycles. The Bertz CT molecular complexity index is 740. The van der Waals surface area contributed by atoms with E-state index in [1.807, 2.05) is 6.92 Å². The van der Waals surface area contributed by atoms with Crippen LogP contribution in [-0.4, -0.2) is 24.4 Å². The van der Waals surface area contributed by atoms with Crippen LogP contribution in [0, 0.1) is 6.92 Å². The molecular formula is C14H15BrN2O3S. The maximum Gasteiger partial charge on any atom is 0.243 e. The van der Waals surface area contributed by atoms with Crippen molar-refractivity contribution in [3.63, 3.8) is 0 Å². The molecule has 2 aromatic rings. The molecule has 0 aliphatic carbocycles. The zero-order valence-electron chi connectivity index (χ0n) is 11.5. The van der Waals surface area contributed by atoms with Gasteiger partial charge in [0.25, 0.3) is 0 Å². The van der Waals surface area contributed by atoms with Gasteiger partial charge in [0.2, 0.25) is 10.0 Å². The van der Waals surface area contributed by atoms with Crippen molar-refractivity contribution in [2.45, 2.75) is 30.7 Å². The molecule has 0 bridgehead atoms. The summed E-state index contributed by atoms with van der Waals surface area (Å²) in [5.74, 6) is 0.616. The highest BCUT2D eigenvalue weighted by atomic mass is 79.9. The quantitative estimate of drug-likeness (QED) is 0.831. The predicted octanol–water partition coefficient (Wildman–Crippen LogP) is 3.27. The number of rotatable bonds is 3. The van der Waals surface area contributed by atoms with Crippen molar-refractivity contribution in [2.75, 3.05) is 6.54 Å². The third kappa shape index (κ3) is 2.77. The summed E-state index contributed by atoms with van der Waals surface area (Å²) >= 11 is 3.32. The van der Waals surface area contributed by atoms with Gasteiger partial charge in [0.15, 0.2) is 5.76 Å². The Morgan fingerprint density at radius 2 is 2.05 bits per heavy atom. The van der Waals surface area contributed by atoms with Gasteiger partial charge in [0.05, 0.1) is 16.6 Å². The van der Waals surface area contributed by atoms with Crippen LogP contribution >= 0.6 is 15.9 Å². The Kier molecular flexibility index (Phi) is 3.90. The highest BCUT2D eigenvalue weighted by Gasteiger charge is 2.38. The second-order valence-corrected chi connectivity index (χ2v) is 7.90. The van der Waals surface area contributed by atoms with Gasteiger partial charge < -0.3 is 4.52 Å². The molecule has 1 fully saturated rings. The van der Waals surface area contributed by atoms with E-state index >= 15 is 0 Å². The van der Waals surface area contributed by atoms with Gasteiger partial charge in [0, 0.05) is 17.1 Å². The van der Waals surface area contributed by atoms with Crippen molar-refractivity contribution < 1.29 is 12.9 Å². The number of sulfonamides is 1. The maximum atomic E-state index is 12.8. The molecule has 0 spiro atoms. The molecule has 1 aromatic heterocycles. The van der Waals surface area contributed by atoms with E-state index in [9.17, 15) is 8.42 Å². The molecule has 1 aromatic carbocycles. The predicted molar refractivity (Wildman–Crippen MR) is 81.2 cm³/mol. The van der Waals surface area contributed by atoms with E-state index in [-0.39, 0.29) is 6.04 Å². The van der Waals surface area contributed by atoms with Crippen molar-refractivity contribution in [1.29, 1.82) is 0 Å². The Labute approximate surface area is 132 Å². The number of aryl methyl sites for hydroxylation is 1. The summed E-state index contributed by atoms with van der Waals surface area (Å²) in [6, 6.07) is 8.23. The van der Waals surface area contributed by atoms with Crippen LogP contribution in [0.2, 0.25) is 0 Å². The summed E-state index contributed by atoms with van der Waals surface area (Å²) in [5.41, 5.74) is 0.762. The SMILES string of the molecule is Cc1cc([C@H]2CCCN2S(=O)(=O)c2ccc(Br)cc2)on1. The van der Waals surface area contributed by atoms with Crippen LogP contribution in [0.5, 0.6) is 0 Å². The first-order valence-corrected chi connectivity index (χ1v) is 8.92. The monoisotopic (exact) mass is 370 g/mol. The number of hydrogen-bond acceptors (Lipinski definition) is 4. The summed E-state index contributed by atoms with van der Waals surface area (Å²) in [7, 11) is -3.52. The van der Waals surface area contributed by atoms with Gasteiger partial charge in [-0.3, -0.25) is 0 Å². The minimum Gasteiger partial charge on any atom is -0.359 e. The lowest BCUT2D eigenvalue weighted by Gasteiger charge is -2.22. The molecular weight excluding hydrogens is 356 g/mol. The van der Waals surface area contributed by atoms with Crippen molar-refractivity contribution in [3.8, 4) is 0 Å². The van der Waals surface area contributed by atoms with E-state index in [0.717, 1.165) is 23.0 Å². The molecule has 0 saturated carbocycles. The van der Waals surface area contributed by atoms with Crippen molar-refractivity contribution in [2.24, 2.45) is 0 Å². The third-order valence-corrected chi connectivity index (χ3v) is 6.05. The van der Waals surface area contributed by atoms with Gasteiger partial charge in [-0.2, -0.15) is 4.31 Å². The van der Waals surface area contributed by atoms with Gasteiger partial charge in [0.1, 0.15) is 0 Å². The summed E-state index contributed by atoms with van der Waals surface area (Å²) < 4.78 is 33.2. The lowest BCUT2D eigenvalue weighted by atomic mass is 10.2. The van der Waals surface area contributed by atoms with E-state index in [0.29, 0.717) is 17.2 Å². The molecule has 0 amide bonds. The van der Waals surface area contributed by atoms with E-state index in [2.05, 4.69) is 21.1 Å². The topological polar surface area (TPSA) is 63.4 Å². The zero-order chi connectivity index (χ0) is 15.0. The van der Waals surface area contributed by atoms with Crippen LogP contribution in [-0.2, 0) is 10.0 Å². The second kappa shape index (κ2) is 5.55. The average Bonchev–Trinajstić information content (AvgIpc) is 3.07. The third-order valence-electron chi connectivity index (χ3n) is 3.60. The van der Waals surface area contributed by atoms with Crippen LogP contribution in [0.15, 0.2) is 44.2 Å². The molecule has 0 N–H and O–H groups in total. The molecule has 3 rings (SSSR count). The number of nitrogens with zero attached hydrogens (tertiary/aromatic N) is 2. The van der Waals surface area contributed by atoms with Crippen LogP contribution in [0.1, 0.15) is 30.3 Å². The van der Waals surface area contributed by atoms with Gasteiger partial charge in [-0.05, 0) is 44.0 Å². The van der Waals surface area contributed by atoms with Crippen molar-refractivity contribution >= 4 is 26.0 Å². The molecule has 1 aliphatic rings. The highest BCUT2D eigenvalue weighted by molar-refractivity contribution is 9.10. The second-order valence-electron chi connectivity index (χ2n) is 5.10. The number of halogens is 1. The first-order chi connectivity index (χ1) is 9.98. The largest absolute Gasteiger partial charge is 0.359 e. The first kappa shape index (κ1) is 14.7. The lowest BCUT2D eigenvalue weighted by Crippen LogP contribution is -2.30. The molecule has 1 atom stereocenters. The summed E-state index contributed by atoms with van der Waals surface area (Å²) in [4.78, 5) is 0.300. The minimum absolute atomic E-state index is 0.264. The minimum atomic E-state index is -3.52. The molecule has 1 aliphatic heterocycles. The zero-order valence-corrected chi connectivity index (χ0v) is 13.9. The van der Waals surface area contributed by atoms with E-state index in [4.69, 9.17) is 4.52 Å². The number of hydrogen-bond donors (Lipinski definition) is 0. The van der Waals surface area contributed by atoms with Gasteiger partial charge >= 0.3 is 0 Å². The highest BCUT2D eigenvalue weighted by Crippen LogP contribution is 2.36.